The topological polar surface area (TPSA) is 17.1 Å². The van der Waals surface area contributed by atoms with Crippen LogP contribution >= 0.6 is 0 Å². The van der Waals surface area contributed by atoms with Gasteiger partial charge in [0, 0.05) is 5.92 Å². The van der Waals surface area contributed by atoms with Gasteiger partial charge in [0.2, 0.25) is 0 Å². The highest BCUT2D eigenvalue weighted by Gasteiger charge is 2.34. The van der Waals surface area contributed by atoms with E-state index in [2.05, 4.69) is 20.4 Å². The third-order valence-electron chi connectivity index (χ3n) is 3.58. The van der Waals surface area contributed by atoms with Crippen molar-refractivity contribution in [2.24, 2.45) is 11.3 Å². The van der Waals surface area contributed by atoms with Crippen molar-refractivity contribution in [3.8, 4) is 0 Å². The first kappa shape index (κ1) is 10.5. The molecule has 0 aromatic heterocycles. The van der Waals surface area contributed by atoms with Gasteiger partial charge >= 0.3 is 0 Å². The largest absolute Gasteiger partial charge is 0.299 e. The Morgan fingerprint density at radius 1 is 1.69 bits per heavy atom. The quantitative estimate of drug-likeness (QED) is 0.596. The molecule has 0 radical (unpaired) electrons. The molecule has 0 saturated heterocycles. The fourth-order valence-corrected chi connectivity index (χ4v) is 2.13. The van der Waals surface area contributed by atoms with Gasteiger partial charge in [-0.1, -0.05) is 32.4 Å². The molecule has 0 N–H and O–H groups in total. The highest BCUT2D eigenvalue weighted by molar-refractivity contribution is 5.81. The third-order valence-corrected chi connectivity index (χ3v) is 3.58. The fraction of sp³-hybridized carbons (Fsp3) is 0.750. The maximum atomic E-state index is 11.4. The summed E-state index contributed by atoms with van der Waals surface area (Å²) in [7, 11) is 0. The monoisotopic (exact) mass is 180 g/mol. The fourth-order valence-electron chi connectivity index (χ4n) is 2.13. The van der Waals surface area contributed by atoms with Gasteiger partial charge in [0.25, 0.3) is 0 Å². The lowest BCUT2D eigenvalue weighted by atomic mass is 9.67. The average molecular weight is 180 g/mol. The molecule has 2 unspecified atom stereocenters. The summed E-state index contributed by atoms with van der Waals surface area (Å²) >= 11 is 0. The Morgan fingerprint density at radius 3 is 2.77 bits per heavy atom. The van der Waals surface area contributed by atoms with Crippen molar-refractivity contribution in [1.29, 1.82) is 0 Å². The molecule has 1 aliphatic carbocycles. The number of carbonyl (C=O) groups excluding carboxylic acids is 1. The molecule has 13 heavy (non-hydrogen) atoms. The van der Waals surface area contributed by atoms with Crippen LogP contribution in [-0.2, 0) is 4.79 Å². The van der Waals surface area contributed by atoms with Crippen molar-refractivity contribution in [2.45, 2.75) is 46.5 Å². The lowest BCUT2D eigenvalue weighted by Gasteiger charge is -2.37. The summed E-state index contributed by atoms with van der Waals surface area (Å²) in [5, 5.41) is 0. The van der Waals surface area contributed by atoms with Crippen molar-refractivity contribution in [3.05, 3.63) is 12.2 Å². The number of rotatable bonds is 2. The second kappa shape index (κ2) is 3.65. The Balaban J connectivity index is 2.74. The van der Waals surface area contributed by atoms with Crippen LogP contribution in [0.15, 0.2) is 12.2 Å². The van der Waals surface area contributed by atoms with Gasteiger partial charge in [-0.15, -0.1) is 0 Å². The highest BCUT2D eigenvalue weighted by Crippen LogP contribution is 2.43. The van der Waals surface area contributed by atoms with E-state index < -0.39 is 0 Å². The van der Waals surface area contributed by atoms with E-state index >= 15 is 0 Å². The summed E-state index contributed by atoms with van der Waals surface area (Å²) in [6.07, 6.45) is 4.42. The summed E-state index contributed by atoms with van der Waals surface area (Å²) in [4.78, 5) is 11.4. The first-order chi connectivity index (χ1) is 5.98. The first-order valence-electron chi connectivity index (χ1n) is 5.16. The van der Waals surface area contributed by atoms with Crippen LogP contribution in [0.25, 0.3) is 0 Å². The molecule has 0 aromatic rings. The van der Waals surface area contributed by atoms with Crippen molar-refractivity contribution in [3.63, 3.8) is 0 Å². The van der Waals surface area contributed by atoms with E-state index in [9.17, 15) is 4.79 Å². The van der Waals surface area contributed by atoms with Gasteiger partial charge in [-0.25, -0.2) is 0 Å². The average Bonchev–Trinajstić information content (AvgIpc) is 2.09. The Bertz CT molecular complexity index is 229. The minimum atomic E-state index is 0.138. The van der Waals surface area contributed by atoms with Gasteiger partial charge in [0.05, 0.1) is 0 Å². The molecule has 2 atom stereocenters. The van der Waals surface area contributed by atoms with E-state index in [0.29, 0.717) is 11.2 Å². The van der Waals surface area contributed by atoms with Gasteiger partial charge in [-0.2, -0.15) is 0 Å². The van der Waals surface area contributed by atoms with Crippen LogP contribution in [0.5, 0.6) is 0 Å². The molecule has 1 heteroatoms. The predicted molar refractivity (Wildman–Crippen MR) is 55.6 cm³/mol. The van der Waals surface area contributed by atoms with E-state index in [-0.39, 0.29) is 5.92 Å². The lowest BCUT2D eigenvalue weighted by Crippen LogP contribution is -2.29. The Labute approximate surface area is 81.2 Å². The number of carbonyl (C=O) groups is 1. The minimum absolute atomic E-state index is 0.138. The normalized spacial score (nSPS) is 34.7. The molecule has 1 aliphatic rings. The molecule has 1 rings (SSSR count). The molecule has 0 aromatic carbocycles. The number of hydrogen-bond donors (Lipinski definition) is 0. The van der Waals surface area contributed by atoms with E-state index in [1.807, 2.05) is 0 Å². The second-order valence-electron chi connectivity index (χ2n) is 4.69. The van der Waals surface area contributed by atoms with Crippen LogP contribution in [0, 0.1) is 11.3 Å². The third kappa shape index (κ3) is 2.20. The Kier molecular flexibility index (Phi) is 2.94. The van der Waals surface area contributed by atoms with E-state index in [1.165, 1.54) is 12.8 Å². The molecular weight excluding hydrogens is 160 g/mol. The van der Waals surface area contributed by atoms with E-state index in [1.54, 1.807) is 6.92 Å². The number of allylic oxidation sites excluding steroid dienone is 1. The molecular formula is C12H20O. The SMILES string of the molecule is C=C1CCC(C)(CC)CC1C(C)=O. The summed E-state index contributed by atoms with van der Waals surface area (Å²) in [5.41, 5.74) is 1.52. The van der Waals surface area contributed by atoms with Crippen molar-refractivity contribution in [2.75, 3.05) is 0 Å². The van der Waals surface area contributed by atoms with Crippen LogP contribution in [0.3, 0.4) is 0 Å². The predicted octanol–water partition coefficient (Wildman–Crippen LogP) is 3.35. The molecule has 1 fully saturated rings. The molecule has 0 spiro atoms. The zero-order valence-corrected chi connectivity index (χ0v) is 9.02. The summed E-state index contributed by atoms with van der Waals surface area (Å²) < 4.78 is 0. The highest BCUT2D eigenvalue weighted by atomic mass is 16.1. The number of hydrogen-bond acceptors (Lipinski definition) is 1. The van der Waals surface area contributed by atoms with Crippen molar-refractivity contribution < 1.29 is 4.79 Å². The van der Waals surface area contributed by atoms with E-state index in [4.69, 9.17) is 0 Å². The smallest absolute Gasteiger partial charge is 0.136 e. The molecule has 0 amide bonds. The minimum Gasteiger partial charge on any atom is -0.299 e. The van der Waals surface area contributed by atoms with Crippen LogP contribution in [0.1, 0.15) is 46.5 Å². The zero-order valence-electron chi connectivity index (χ0n) is 9.02. The Hall–Kier alpha value is -0.590. The van der Waals surface area contributed by atoms with Gasteiger partial charge in [0.15, 0.2) is 0 Å². The van der Waals surface area contributed by atoms with E-state index in [0.717, 1.165) is 18.4 Å². The lowest BCUT2D eigenvalue weighted by molar-refractivity contribution is -0.121. The second-order valence-corrected chi connectivity index (χ2v) is 4.69. The van der Waals surface area contributed by atoms with Crippen LogP contribution in [-0.4, -0.2) is 5.78 Å². The number of Topliss-reactive ketones (excluding diaryl/α,β-unsaturated/α-hetero) is 1. The van der Waals surface area contributed by atoms with Crippen molar-refractivity contribution >= 4 is 5.78 Å². The standard InChI is InChI=1S/C12H20O/c1-5-12(4)7-6-9(2)11(8-12)10(3)13/h11H,2,5-8H2,1,3-4H3. The van der Waals surface area contributed by atoms with Gasteiger partial charge in [-0.05, 0) is 31.6 Å². The number of ketones is 1. The molecule has 0 heterocycles. The maximum Gasteiger partial charge on any atom is 0.136 e. The first-order valence-corrected chi connectivity index (χ1v) is 5.16. The molecule has 1 saturated carbocycles. The van der Waals surface area contributed by atoms with Gasteiger partial charge < -0.3 is 0 Å². The van der Waals surface area contributed by atoms with Crippen molar-refractivity contribution in [1.82, 2.24) is 0 Å². The molecule has 0 aliphatic heterocycles. The van der Waals surface area contributed by atoms with Gasteiger partial charge in [0.1, 0.15) is 5.78 Å². The van der Waals surface area contributed by atoms with Gasteiger partial charge in [-0.3, -0.25) is 4.79 Å². The Morgan fingerprint density at radius 2 is 2.31 bits per heavy atom. The molecule has 0 bridgehead atoms. The van der Waals surface area contributed by atoms with Crippen LogP contribution < -0.4 is 0 Å². The summed E-state index contributed by atoms with van der Waals surface area (Å²) in [6, 6.07) is 0. The summed E-state index contributed by atoms with van der Waals surface area (Å²) in [6.45, 7) is 10.2. The van der Waals surface area contributed by atoms with Crippen LogP contribution in [0.2, 0.25) is 0 Å². The molecule has 1 nitrogen and oxygen atoms in total. The maximum absolute atomic E-state index is 11.4. The summed E-state index contributed by atoms with van der Waals surface area (Å²) in [5.74, 6) is 0.433. The zero-order chi connectivity index (χ0) is 10.1. The molecule has 74 valence electrons. The van der Waals surface area contributed by atoms with Crippen LogP contribution in [0.4, 0.5) is 0 Å².